The molecule has 0 spiro atoms. The Bertz CT molecular complexity index is 97.6. The van der Waals surface area contributed by atoms with Gasteiger partial charge < -0.3 is 5.32 Å². The van der Waals surface area contributed by atoms with Crippen molar-refractivity contribution in [3.05, 3.63) is 12.3 Å². The van der Waals surface area contributed by atoms with Crippen molar-refractivity contribution in [1.29, 1.82) is 0 Å². The van der Waals surface area contributed by atoms with Crippen molar-refractivity contribution >= 4 is 0 Å². The molecule has 0 aromatic rings. The van der Waals surface area contributed by atoms with E-state index in [-0.39, 0.29) is 5.41 Å². The lowest BCUT2D eigenvalue weighted by molar-refractivity contribution is 0.466. The highest BCUT2D eigenvalue weighted by Crippen LogP contribution is 2.20. The lowest BCUT2D eigenvalue weighted by Crippen LogP contribution is -2.22. The summed E-state index contributed by atoms with van der Waals surface area (Å²) in [5.41, 5.74) is 1.32. The molecule has 0 unspecified atom stereocenters. The van der Waals surface area contributed by atoms with Crippen molar-refractivity contribution in [1.82, 2.24) is 5.32 Å². The van der Waals surface area contributed by atoms with E-state index >= 15 is 0 Å². The number of hydrogen-bond donors (Lipinski definition) is 1. The molecule has 0 aromatic heterocycles. The highest BCUT2D eigenvalue weighted by atomic mass is 14.9. The zero-order valence-electron chi connectivity index (χ0n) is 6.91. The first kappa shape index (κ1) is 8.54. The van der Waals surface area contributed by atoms with Gasteiger partial charge in [-0.2, -0.15) is 0 Å². The van der Waals surface area contributed by atoms with E-state index in [0.717, 1.165) is 12.2 Å². The zero-order valence-corrected chi connectivity index (χ0v) is 6.91. The minimum atomic E-state index is 0.204. The van der Waals surface area contributed by atoms with E-state index in [2.05, 4.69) is 39.6 Å². The minimum absolute atomic E-state index is 0.204. The topological polar surface area (TPSA) is 12.0 Å². The van der Waals surface area contributed by atoms with E-state index in [1.807, 2.05) is 0 Å². The first-order valence-corrected chi connectivity index (χ1v) is 3.41. The van der Waals surface area contributed by atoms with Crippen molar-refractivity contribution in [2.75, 3.05) is 6.54 Å². The van der Waals surface area contributed by atoms with Crippen molar-refractivity contribution in [2.45, 2.75) is 27.7 Å². The van der Waals surface area contributed by atoms with Gasteiger partial charge >= 0.3 is 0 Å². The van der Waals surface area contributed by atoms with E-state index in [1.54, 1.807) is 0 Å². The smallest absolute Gasteiger partial charge is 0.0115 e. The Morgan fingerprint density at radius 3 is 2.00 bits per heavy atom. The first-order chi connectivity index (χ1) is 3.98. The van der Waals surface area contributed by atoms with Gasteiger partial charge in [-0.1, -0.05) is 27.4 Å². The number of allylic oxidation sites excluding steroid dienone is 1. The lowest BCUT2D eigenvalue weighted by atomic mass is 9.93. The number of rotatable bonds is 2. The first-order valence-electron chi connectivity index (χ1n) is 3.41. The van der Waals surface area contributed by atoms with Gasteiger partial charge in [0.1, 0.15) is 0 Å². The maximum atomic E-state index is 3.90. The van der Waals surface area contributed by atoms with Gasteiger partial charge in [0.25, 0.3) is 0 Å². The standard InChI is InChI=1S/C8H17N/c1-6-9-7(2)8(3,4)5/h9H,2,6H2,1,3-5H3. The van der Waals surface area contributed by atoms with Crippen LogP contribution < -0.4 is 5.32 Å². The SMILES string of the molecule is C=C(NCC)C(C)(C)C. The summed E-state index contributed by atoms with van der Waals surface area (Å²) < 4.78 is 0. The average molecular weight is 127 g/mol. The summed E-state index contributed by atoms with van der Waals surface area (Å²) in [5.74, 6) is 0. The Morgan fingerprint density at radius 2 is 1.89 bits per heavy atom. The summed E-state index contributed by atoms with van der Waals surface area (Å²) in [4.78, 5) is 0. The van der Waals surface area contributed by atoms with Crippen LogP contribution in [-0.4, -0.2) is 6.54 Å². The average Bonchev–Trinajstić information content (AvgIpc) is 1.64. The summed E-state index contributed by atoms with van der Waals surface area (Å²) >= 11 is 0. The molecule has 1 nitrogen and oxygen atoms in total. The second kappa shape index (κ2) is 2.90. The Hall–Kier alpha value is -0.460. The second-order valence-corrected chi connectivity index (χ2v) is 3.26. The van der Waals surface area contributed by atoms with Gasteiger partial charge in [0, 0.05) is 17.7 Å². The van der Waals surface area contributed by atoms with E-state index in [1.165, 1.54) is 0 Å². The third-order valence-corrected chi connectivity index (χ3v) is 1.30. The van der Waals surface area contributed by atoms with Crippen LogP contribution in [-0.2, 0) is 0 Å². The van der Waals surface area contributed by atoms with Crippen LogP contribution in [0, 0.1) is 5.41 Å². The van der Waals surface area contributed by atoms with Gasteiger partial charge in [-0.15, -0.1) is 0 Å². The molecule has 0 saturated heterocycles. The zero-order chi connectivity index (χ0) is 7.49. The van der Waals surface area contributed by atoms with Crippen molar-refractivity contribution < 1.29 is 0 Å². The molecule has 9 heavy (non-hydrogen) atoms. The van der Waals surface area contributed by atoms with Gasteiger partial charge in [0.2, 0.25) is 0 Å². The summed E-state index contributed by atoms with van der Waals surface area (Å²) in [7, 11) is 0. The van der Waals surface area contributed by atoms with Crippen molar-refractivity contribution in [3.8, 4) is 0 Å². The van der Waals surface area contributed by atoms with Gasteiger partial charge in [-0.3, -0.25) is 0 Å². The van der Waals surface area contributed by atoms with Crippen LogP contribution in [0.15, 0.2) is 12.3 Å². The highest BCUT2D eigenvalue weighted by Gasteiger charge is 2.12. The molecule has 0 rings (SSSR count). The van der Waals surface area contributed by atoms with Crippen LogP contribution in [0.25, 0.3) is 0 Å². The molecular weight excluding hydrogens is 110 g/mol. The van der Waals surface area contributed by atoms with Gasteiger partial charge in [0.05, 0.1) is 0 Å². The Morgan fingerprint density at radius 1 is 1.44 bits per heavy atom. The molecule has 0 fully saturated rings. The van der Waals surface area contributed by atoms with Crippen LogP contribution in [0.5, 0.6) is 0 Å². The molecule has 0 saturated carbocycles. The Labute approximate surface area is 58.2 Å². The summed E-state index contributed by atoms with van der Waals surface area (Å²) in [6.45, 7) is 13.4. The van der Waals surface area contributed by atoms with E-state index in [0.29, 0.717) is 0 Å². The molecule has 0 aliphatic rings. The van der Waals surface area contributed by atoms with Crippen LogP contribution in [0.1, 0.15) is 27.7 Å². The summed E-state index contributed by atoms with van der Waals surface area (Å²) in [6, 6.07) is 0. The fourth-order valence-corrected chi connectivity index (χ4v) is 0.479. The molecule has 54 valence electrons. The molecule has 0 heterocycles. The quantitative estimate of drug-likeness (QED) is 0.599. The molecule has 0 atom stereocenters. The molecule has 0 aliphatic heterocycles. The fraction of sp³-hybridized carbons (Fsp3) is 0.750. The predicted molar refractivity (Wildman–Crippen MR) is 42.3 cm³/mol. The minimum Gasteiger partial charge on any atom is -0.389 e. The van der Waals surface area contributed by atoms with E-state index in [9.17, 15) is 0 Å². The maximum absolute atomic E-state index is 3.90. The van der Waals surface area contributed by atoms with E-state index < -0.39 is 0 Å². The van der Waals surface area contributed by atoms with Crippen LogP contribution in [0.3, 0.4) is 0 Å². The number of nitrogens with one attached hydrogen (secondary N) is 1. The van der Waals surface area contributed by atoms with E-state index in [4.69, 9.17) is 0 Å². The molecule has 0 aliphatic carbocycles. The van der Waals surface area contributed by atoms with Crippen LogP contribution in [0.2, 0.25) is 0 Å². The number of hydrogen-bond acceptors (Lipinski definition) is 1. The van der Waals surface area contributed by atoms with Crippen LogP contribution >= 0.6 is 0 Å². The second-order valence-electron chi connectivity index (χ2n) is 3.26. The Kier molecular flexibility index (Phi) is 2.75. The molecule has 0 radical (unpaired) electrons. The third-order valence-electron chi connectivity index (χ3n) is 1.30. The Balaban J connectivity index is 3.74. The molecular formula is C8H17N. The molecule has 0 amide bonds. The molecule has 1 N–H and O–H groups in total. The van der Waals surface area contributed by atoms with Crippen molar-refractivity contribution in [2.24, 2.45) is 5.41 Å². The normalized spacial score (nSPS) is 11.1. The predicted octanol–water partition coefficient (Wildman–Crippen LogP) is 2.16. The van der Waals surface area contributed by atoms with Gasteiger partial charge in [0.15, 0.2) is 0 Å². The molecule has 0 bridgehead atoms. The monoisotopic (exact) mass is 127 g/mol. The summed E-state index contributed by atoms with van der Waals surface area (Å²) in [5, 5.41) is 3.19. The highest BCUT2D eigenvalue weighted by molar-refractivity contribution is 5.01. The third kappa shape index (κ3) is 3.17. The lowest BCUT2D eigenvalue weighted by Gasteiger charge is -2.22. The largest absolute Gasteiger partial charge is 0.389 e. The van der Waals surface area contributed by atoms with Crippen molar-refractivity contribution in [3.63, 3.8) is 0 Å². The molecule has 0 aromatic carbocycles. The van der Waals surface area contributed by atoms with Gasteiger partial charge in [-0.25, -0.2) is 0 Å². The summed E-state index contributed by atoms with van der Waals surface area (Å²) in [6.07, 6.45) is 0. The van der Waals surface area contributed by atoms with Crippen LogP contribution in [0.4, 0.5) is 0 Å². The van der Waals surface area contributed by atoms with Gasteiger partial charge in [-0.05, 0) is 6.92 Å². The maximum Gasteiger partial charge on any atom is 0.0115 e. The molecule has 1 heteroatoms. The fourth-order valence-electron chi connectivity index (χ4n) is 0.479.